The van der Waals surface area contributed by atoms with Crippen molar-refractivity contribution in [3.8, 4) is 11.3 Å². The Morgan fingerprint density at radius 3 is 2.82 bits per heavy atom. The Labute approximate surface area is 129 Å². The summed E-state index contributed by atoms with van der Waals surface area (Å²) in [4.78, 5) is 4.52. The highest BCUT2D eigenvalue weighted by Crippen LogP contribution is 2.28. The third-order valence-electron chi connectivity index (χ3n) is 4.21. The van der Waals surface area contributed by atoms with Crippen molar-refractivity contribution in [2.45, 2.75) is 19.4 Å². The van der Waals surface area contributed by atoms with Gasteiger partial charge < -0.3 is 5.32 Å². The first-order chi connectivity index (χ1) is 10.9. The fraction of sp³-hybridized carbons (Fsp3) is 0.222. The number of nitrogens with one attached hydrogen (secondary N) is 1. The van der Waals surface area contributed by atoms with Crippen molar-refractivity contribution in [2.24, 2.45) is 0 Å². The summed E-state index contributed by atoms with van der Waals surface area (Å²) in [7, 11) is 0. The van der Waals surface area contributed by atoms with Crippen LogP contribution in [0.15, 0.2) is 54.9 Å². The van der Waals surface area contributed by atoms with Crippen molar-refractivity contribution >= 4 is 11.0 Å². The average molecular weight is 290 g/mol. The maximum atomic E-state index is 4.73. The Morgan fingerprint density at radius 1 is 1.23 bits per heavy atom. The fourth-order valence-corrected chi connectivity index (χ4v) is 3.01. The SMILES string of the molecule is CCn1nc(-c2ccc(C3C=CNC3)cc2)c2ncccc21. The summed E-state index contributed by atoms with van der Waals surface area (Å²) in [6.45, 7) is 3.93. The van der Waals surface area contributed by atoms with E-state index < -0.39 is 0 Å². The lowest BCUT2D eigenvalue weighted by atomic mass is 9.98. The molecule has 1 N–H and O–H groups in total. The van der Waals surface area contributed by atoms with Crippen LogP contribution < -0.4 is 5.32 Å². The molecule has 0 saturated heterocycles. The standard InChI is InChI=1S/C18H18N4/c1-2-22-16-4-3-10-20-18(16)17(21-22)14-7-5-13(6-8-14)15-9-11-19-12-15/h3-11,15,19H,2,12H2,1H3. The van der Waals surface area contributed by atoms with E-state index in [0.29, 0.717) is 5.92 Å². The van der Waals surface area contributed by atoms with E-state index in [2.05, 4.69) is 53.6 Å². The highest BCUT2D eigenvalue weighted by molar-refractivity contribution is 5.89. The summed E-state index contributed by atoms with van der Waals surface area (Å²) in [5.74, 6) is 0.470. The highest BCUT2D eigenvalue weighted by Gasteiger charge is 2.14. The Hall–Kier alpha value is -2.62. The third-order valence-corrected chi connectivity index (χ3v) is 4.21. The van der Waals surface area contributed by atoms with E-state index >= 15 is 0 Å². The summed E-state index contributed by atoms with van der Waals surface area (Å²) in [5.41, 5.74) is 5.47. The average Bonchev–Trinajstić information content (AvgIpc) is 3.23. The number of hydrogen-bond acceptors (Lipinski definition) is 3. The van der Waals surface area contributed by atoms with Gasteiger partial charge in [0, 0.05) is 30.8 Å². The van der Waals surface area contributed by atoms with Crippen LogP contribution in [0.3, 0.4) is 0 Å². The van der Waals surface area contributed by atoms with Gasteiger partial charge in [0.1, 0.15) is 11.2 Å². The zero-order valence-corrected chi connectivity index (χ0v) is 12.5. The molecule has 3 aromatic rings. The van der Waals surface area contributed by atoms with Crippen LogP contribution >= 0.6 is 0 Å². The van der Waals surface area contributed by atoms with Crippen molar-refractivity contribution < 1.29 is 0 Å². The van der Waals surface area contributed by atoms with Crippen LogP contribution in [0, 0.1) is 0 Å². The molecular formula is C18H18N4. The van der Waals surface area contributed by atoms with E-state index in [4.69, 9.17) is 5.10 Å². The largest absolute Gasteiger partial charge is 0.390 e. The van der Waals surface area contributed by atoms with E-state index in [-0.39, 0.29) is 0 Å². The van der Waals surface area contributed by atoms with Gasteiger partial charge in [0.15, 0.2) is 0 Å². The van der Waals surface area contributed by atoms with Gasteiger partial charge in [-0.15, -0.1) is 0 Å². The quantitative estimate of drug-likeness (QED) is 0.804. The second-order valence-corrected chi connectivity index (χ2v) is 5.53. The maximum Gasteiger partial charge on any atom is 0.119 e. The molecule has 1 aliphatic rings. The number of hydrogen-bond donors (Lipinski definition) is 1. The van der Waals surface area contributed by atoms with E-state index in [0.717, 1.165) is 35.4 Å². The molecule has 0 fully saturated rings. The molecule has 0 amide bonds. The molecule has 22 heavy (non-hydrogen) atoms. The molecular weight excluding hydrogens is 272 g/mol. The summed E-state index contributed by atoms with van der Waals surface area (Å²) < 4.78 is 2.01. The molecule has 2 aromatic heterocycles. The second-order valence-electron chi connectivity index (χ2n) is 5.53. The van der Waals surface area contributed by atoms with E-state index in [1.807, 2.05) is 23.1 Å². The minimum absolute atomic E-state index is 0.470. The molecule has 1 aromatic carbocycles. The maximum absolute atomic E-state index is 4.73. The van der Waals surface area contributed by atoms with Crippen LogP contribution in [-0.2, 0) is 6.54 Å². The summed E-state index contributed by atoms with van der Waals surface area (Å²) in [5, 5.41) is 7.98. The van der Waals surface area contributed by atoms with Crippen LogP contribution in [-0.4, -0.2) is 21.3 Å². The molecule has 0 aliphatic carbocycles. The molecule has 4 rings (SSSR count). The van der Waals surface area contributed by atoms with Gasteiger partial charge in [0.05, 0.1) is 5.52 Å². The summed E-state index contributed by atoms with van der Waals surface area (Å²) >= 11 is 0. The first-order valence-electron chi connectivity index (χ1n) is 7.68. The Kier molecular flexibility index (Phi) is 3.15. The smallest absolute Gasteiger partial charge is 0.119 e. The highest BCUT2D eigenvalue weighted by atomic mass is 15.3. The predicted octanol–water partition coefficient (Wildman–Crippen LogP) is 3.32. The van der Waals surface area contributed by atoms with Crippen LogP contribution in [0.5, 0.6) is 0 Å². The van der Waals surface area contributed by atoms with Gasteiger partial charge in [0.25, 0.3) is 0 Å². The lowest BCUT2D eigenvalue weighted by Crippen LogP contribution is -2.06. The fourth-order valence-electron chi connectivity index (χ4n) is 3.01. The van der Waals surface area contributed by atoms with Gasteiger partial charge in [-0.1, -0.05) is 30.3 Å². The predicted molar refractivity (Wildman–Crippen MR) is 88.5 cm³/mol. The first-order valence-corrected chi connectivity index (χ1v) is 7.68. The molecule has 0 saturated carbocycles. The molecule has 4 nitrogen and oxygen atoms in total. The van der Waals surface area contributed by atoms with Gasteiger partial charge >= 0.3 is 0 Å². The topological polar surface area (TPSA) is 42.7 Å². The van der Waals surface area contributed by atoms with Gasteiger partial charge in [0.2, 0.25) is 0 Å². The molecule has 0 radical (unpaired) electrons. The Balaban J connectivity index is 1.77. The van der Waals surface area contributed by atoms with Gasteiger partial charge in [-0.05, 0) is 30.8 Å². The van der Waals surface area contributed by atoms with Gasteiger partial charge in [-0.2, -0.15) is 5.10 Å². The number of rotatable bonds is 3. The van der Waals surface area contributed by atoms with Crippen LogP contribution in [0.4, 0.5) is 0 Å². The van der Waals surface area contributed by atoms with Crippen molar-refractivity contribution in [3.05, 3.63) is 60.4 Å². The molecule has 0 spiro atoms. The monoisotopic (exact) mass is 290 g/mol. The van der Waals surface area contributed by atoms with Crippen LogP contribution in [0.25, 0.3) is 22.3 Å². The molecule has 1 unspecified atom stereocenters. The molecule has 3 heterocycles. The molecule has 1 atom stereocenters. The van der Waals surface area contributed by atoms with Gasteiger partial charge in [-0.3, -0.25) is 9.67 Å². The minimum atomic E-state index is 0.470. The molecule has 1 aliphatic heterocycles. The molecule has 4 heteroatoms. The van der Waals surface area contributed by atoms with Crippen molar-refractivity contribution in [3.63, 3.8) is 0 Å². The summed E-state index contributed by atoms with van der Waals surface area (Å²) in [6, 6.07) is 12.7. The zero-order valence-electron chi connectivity index (χ0n) is 12.5. The lowest BCUT2D eigenvalue weighted by Gasteiger charge is -2.08. The lowest BCUT2D eigenvalue weighted by molar-refractivity contribution is 0.686. The van der Waals surface area contributed by atoms with Crippen molar-refractivity contribution in [1.29, 1.82) is 0 Å². The number of nitrogens with zero attached hydrogens (tertiary/aromatic N) is 3. The van der Waals surface area contributed by atoms with Crippen LogP contribution in [0.1, 0.15) is 18.4 Å². The van der Waals surface area contributed by atoms with E-state index in [1.54, 1.807) is 0 Å². The second kappa shape index (κ2) is 5.30. The Bertz CT molecular complexity index is 830. The number of benzene rings is 1. The third kappa shape index (κ3) is 2.08. The number of aryl methyl sites for hydroxylation is 1. The van der Waals surface area contributed by atoms with E-state index in [1.165, 1.54) is 5.56 Å². The number of pyridine rings is 1. The Morgan fingerprint density at radius 2 is 2.09 bits per heavy atom. The normalized spacial score (nSPS) is 17.0. The van der Waals surface area contributed by atoms with E-state index in [9.17, 15) is 0 Å². The number of aromatic nitrogens is 3. The van der Waals surface area contributed by atoms with Crippen molar-refractivity contribution in [2.75, 3.05) is 6.54 Å². The molecule has 110 valence electrons. The van der Waals surface area contributed by atoms with Crippen LogP contribution in [0.2, 0.25) is 0 Å². The van der Waals surface area contributed by atoms with Crippen molar-refractivity contribution in [1.82, 2.24) is 20.1 Å². The zero-order chi connectivity index (χ0) is 14.9. The summed E-state index contributed by atoms with van der Waals surface area (Å²) in [6.07, 6.45) is 6.06. The minimum Gasteiger partial charge on any atom is -0.390 e. The number of fused-ring (bicyclic) bond motifs is 1. The first kappa shape index (κ1) is 13.1. The molecule has 0 bridgehead atoms. The van der Waals surface area contributed by atoms with Gasteiger partial charge in [-0.25, -0.2) is 0 Å².